The van der Waals surface area contributed by atoms with Crippen molar-refractivity contribution in [2.45, 2.75) is 6.42 Å². The molecule has 4 aromatic rings. The third kappa shape index (κ3) is 2.63. The Morgan fingerprint density at radius 1 is 0.750 bits per heavy atom. The van der Waals surface area contributed by atoms with Crippen molar-refractivity contribution in [3.05, 3.63) is 107 Å². The van der Waals surface area contributed by atoms with Crippen LogP contribution in [0.3, 0.4) is 0 Å². The molecule has 0 saturated heterocycles. The van der Waals surface area contributed by atoms with Gasteiger partial charge in [-0.05, 0) is 11.6 Å². The predicted molar refractivity (Wildman–Crippen MR) is 95.3 cm³/mol. The lowest BCUT2D eigenvalue weighted by Crippen LogP contribution is -2.04. The molecule has 0 aliphatic heterocycles. The first-order chi connectivity index (χ1) is 11.8. The Morgan fingerprint density at radius 3 is 2.12 bits per heavy atom. The minimum atomic E-state index is 0.00600. The number of fused-ring (bicyclic) bond motifs is 1. The molecule has 3 aromatic carbocycles. The van der Waals surface area contributed by atoms with Crippen LogP contribution in [-0.2, 0) is 6.42 Å². The molecule has 1 aromatic heterocycles. The number of carbonyl (C=O) groups is 1. The molecule has 0 saturated carbocycles. The van der Waals surface area contributed by atoms with E-state index in [0.717, 1.165) is 22.3 Å². The molecule has 0 atom stereocenters. The minimum Gasteiger partial charge on any atom is -0.460 e. The van der Waals surface area contributed by atoms with E-state index in [1.165, 1.54) is 0 Å². The van der Waals surface area contributed by atoms with Gasteiger partial charge in [-0.15, -0.1) is 0 Å². The Kier molecular flexibility index (Phi) is 3.72. The van der Waals surface area contributed by atoms with Gasteiger partial charge in [-0.3, -0.25) is 4.79 Å². The van der Waals surface area contributed by atoms with Crippen LogP contribution in [0.15, 0.2) is 89.3 Å². The number of rotatable bonds is 4. The third-order valence-electron chi connectivity index (χ3n) is 4.14. The molecule has 0 N–H and O–H groups in total. The molecule has 0 aliphatic carbocycles. The van der Waals surface area contributed by atoms with Gasteiger partial charge in [-0.25, -0.2) is 0 Å². The average Bonchev–Trinajstić information content (AvgIpc) is 3.00. The fourth-order valence-electron chi connectivity index (χ4n) is 2.98. The summed E-state index contributed by atoms with van der Waals surface area (Å²) in [5.41, 5.74) is 3.22. The highest BCUT2D eigenvalue weighted by Crippen LogP contribution is 2.29. The van der Waals surface area contributed by atoms with Gasteiger partial charge >= 0.3 is 0 Å². The molecule has 1 heterocycles. The Labute approximate surface area is 140 Å². The number of para-hydroxylation sites is 1. The van der Waals surface area contributed by atoms with Crippen molar-refractivity contribution in [3.63, 3.8) is 0 Å². The molecule has 116 valence electrons. The van der Waals surface area contributed by atoms with Gasteiger partial charge in [0.25, 0.3) is 0 Å². The molecule has 0 spiro atoms. The second-order valence-corrected chi connectivity index (χ2v) is 5.75. The number of benzene rings is 3. The zero-order valence-electron chi connectivity index (χ0n) is 13.1. The fourth-order valence-corrected chi connectivity index (χ4v) is 2.98. The maximum absolute atomic E-state index is 13.1. The maximum atomic E-state index is 13.1. The smallest absolute Gasteiger partial charge is 0.197 e. The molecule has 2 nitrogen and oxygen atoms in total. The van der Waals surface area contributed by atoms with Gasteiger partial charge in [0.05, 0.1) is 5.56 Å². The van der Waals surface area contributed by atoms with E-state index in [2.05, 4.69) is 0 Å². The van der Waals surface area contributed by atoms with E-state index in [1.54, 1.807) is 0 Å². The highest BCUT2D eigenvalue weighted by Gasteiger charge is 2.21. The van der Waals surface area contributed by atoms with Crippen molar-refractivity contribution in [3.8, 4) is 0 Å². The van der Waals surface area contributed by atoms with E-state index in [0.29, 0.717) is 17.5 Å². The summed E-state index contributed by atoms with van der Waals surface area (Å²) in [4.78, 5) is 13.1. The largest absolute Gasteiger partial charge is 0.460 e. The lowest BCUT2D eigenvalue weighted by molar-refractivity contribution is 0.103. The maximum Gasteiger partial charge on any atom is 0.197 e. The number of carbonyl (C=O) groups excluding carboxylic acids is 1. The summed E-state index contributed by atoms with van der Waals surface area (Å²) in [5.74, 6) is 0.725. The van der Waals surface area contributed by atoms with Crippen LogP contribution in [-0.4, -0.2) is 5.78 Å². The molecule has 0 radical (unpaired) electrons. The molecule has 4 rings (SSSR count). The van der Waals surface area contributed by atoms with Crippen LogP contribution in [0.5, 0.6) is 0 Å². The number of hydrogen-bond donors (Lipinski definition) is 0. The topological polar surface area (TPSA) is 30.2 Å². The van der Waals surface area contributed by atoms with Crippen LogP contribution < -0.4 is 0 Å². The van der Waals surface area contributed by atoms with Crippen molar-refractivity contribution in [1.82, 2.24) is 0 Å². The monoisotopic (exact) mass is 312 g/mol. The van der Waals surface area contributed by atoms with Crippen molar-refractivity contribution in [2.24, 2.45) is 0 Å². The number of furan rings is 1. The molecule has 0 unspecified atom stereocenters. The molecular formula is C22H16O2. The zero-order valence-corrected chi connectivity index (χ0v) is 13.1. The summed E-state index contributed by atoms with van der Waals surface area (Å²) in [6.07, 6.45) is 0.601. The zero-order chi connectivity index (χ0) is 16.4. The summed E-state index contributed by atoms with van der Waals surface area (Å²) in [6.45, 7) is 0. The first-order valence-electron chi connectivity index (χ1n) is 7.97. The lowest BCUT2D eigenvalue weighted by Gasteiger charge is -2.03. The van der Waals surface area contributed by atoms with Gasteiger partial charge in [0.1, 0.15) is 11.3 Å². The lowest BCUT2D eigenvalue weighted by atomic mass is 9.97. The molecule has 0 amide bonds. The highest BCUT2D eigenvalue weighted by atomic mass is 16.3. The van der Waals surface area contributed by atoms with E-state index < -0.39 is 0 Å². The predicted octanol–water partition coefficient (Wildman–Crippen LogP) is 5.25. The second kappa shape index (κ2) is 6.17. The summed E-state index contributed by atoms with van der Waals surface area (Å²) in [5, 5.41) is 0.872. The van der Waals surface area contributed by atoms with Gasteiger partial charge in [-0.2, -0.15) is 0 Å². The van der Waals surface area contributed by atoms with Gasteiger partial charge in [-0.1, -0.05) is 78.9 Å². The Bertz CT molecular complexity index is 982. The van der Waals surface area contributed by atoms with Gasteiger partial charge in [0.2, 0.25) is 0 Å². The minimum absolute atomic E-state index is 0.00600. The van der Waals surface area contributed by atoms with Gasteiger partial charge in [0.15, 0.2) is 5.78 Å². The standard InChI is InChI=1S/C22H16O2/c23-22(17-11-5-2-6-12-17)21-18-13-7-8-14-19(18)24-20(21)15-16-9-3-1-4-10-16/h1-14H,15H2. The molecule has 0 fully saturated rings. The molecule has 0 aliphatic rings. The number of ketones is 1. The van der Waals surface area contributed by atoms with Crippen molar-refractivity contribution < 1.29 is 9.21 Å². The van der Waals surface area contributed by atoms with E-state index in [9.17, 15) is 4.79 Å². The summed E-state index contributed by atoms with van der Waals surface area (Å²) in [7, 11) is 0. The molecular weight excluding hydrogens is 296 g/mol. The van der Waals surface area contributed by atoms with E-state index in [-0.39, 0.29) is 5.78 Å². The SMILES string of the molecule is O=C(c1ccccc1)c1c(Cc2ccccc2)oc2ccccc12. The fraction of sp³-hybridized carbons (Fsp3) is 0.0455. The summed E-state index contributed by atoms with van der Waals surface area (Å²) >= 11 is 0. The quantitative estimate of drug-likeness (QED) is 0.481. The summed E-state index contributed by atoms with van der Waals surface area (Å²) in [6, 6.07) is 27.1. The normalized spacial score (nSPS) is 10.8. The van der Waals surface area contributed by atoms with E-state index >= 15 is 0 Å². The second-order valence-electron chi connectivity index (χ2n) is 5.75. The van der Waals surface area contributed by atoms with Crippen molar-refractivity contribution in [1.29, 1.82) is 0 Å². The Morgan fingerprint density at radius 2 is 1.38 bits per heavy atom. The molecule has 2 heteroatoms. The van der Waals surface area contributed by atoms with Crippen LogP contribution >= 0.6 is 0 Å². The van der Waals surface area contributed by atoms with Gasteiger partial charge in [0, 0.05) is 17.4 Å². The van der Waals surface area contributed by atoms with Crippen LogP contribution in [0.2, 0.25) is 0 Å². The van der Waals surface area contributed by atoms with Crippen molar-refractivity contribution in [2.75, 3.05) is 0 Å². The average molecular weight is 312 g/mol. The van der Waals surface area contributed by atoms with Crippen LogP contribution in [0.4, 0.5) is 0 Å². The number of hydrogen-bond acceptors (Lipinski definition) is 2. The summed E-state index contributed by atoms with van der Waals surface area (Å²) < 4.78 is 6.02. The Hall–Kier alpha value is -3.13. The molecule has 0 bridgehead atoms. The third-order valence-corrected chi connectivity index (χ3v) is 4.14. The first kappa shape index (κ1) is 14.5. The van der Waals surface area contributed by atoms with E-state index in [4.69, 9.17) is 4.42 Å². The van der Waals surface area contributed by atoms with Crippen LogP contribution in [0.1, 0.15) is 27.2 Å². The highest BCUT2D eigenvalue weighted by molar-refractivity contribution is 6.16. The Balaban J connectivity index is 1.86. The van der Waals surface area contributed by atoms with Crippen LogP contribution in [0.25, 0.3) is 11.0 Å². The van der Waals surface area contributed by atoms with Crippen LogP contribution in [0, 0.1) is 0 Å². The van der Waals surface area contributed by atoms with Crippen molar-refractivity contribution >= 4 is 16.8 Å². The van der Waals surface area contributed by atoms with Gasteiger partial charge < -0.3 is 4.42 Å². The first-order valence-corrected chi connectivity index (χ1v) is 7.97. The van der Waals surface area contributed by atoms with E-state index in [1.807, 2.05) is 84.9 Å². The molecule has 24 heavy (non-hydrogen) atoms.